The molecular weight excluding hydrogens is 269 g/mol. The Hall–Kier alpha value is -2.43. The third kappa shape index (κ3) is 3.56. The normalized spacial score (nSPS) is 10.2. The van der Waals surface area contributed by atoms with Gasteiger partial charge in [0.15, 0.2) is 0 Å². The molecular formula is C16H18FN3O. The summed E-state index contributed by atoms with van der Waals surface area (Å²) in [4.78, 5) is 17.7. The lowest BCUT2D eigenvalue weighted by molar-refractivity contribution is 0.0987. The molecule has 21 heavy (non-hydrogen) atoms. The number of pyridine rings is 1. The zero-order valence-electron chi connectivity index (χ0n) is 12.1. The molecule has 1 heterocycles. The molecule has 0 radical (unpaired) electrons. The van der Waals surface area contributed by atoms with Gasteiger partial charge in [-0.2, -0.15) is 0 Å². The molecule has 0 unspecified atom stereocenters. The predicted molar refractivity (Wildman–Crippen MR) is 82.2 cm³/mol. The van der Waals surface area contributed by atoms with Crippen molar-refractivity contribution in [2.75, 3.05) is 23.8 Å². The van der Waals surface area contributed by atoms with Crippen molar-refractivity contribution in [3.05, 3.63) is 54.1 Å². The molecule has 0 fully saturated rings. The van der Waals surface area contributed by atoms with Gasteiger partial charge in [0.25, 0.3) is 5.91 Å². The van der Waals surface area contributed by atoms with Crippen molar-refractivity contribution in [2.45, 2.75) is 13.3 Å². The van der Waals surface area contributed by atoms with Gasteiger partial charge in [-0.3, -0.25) is 4.79 Å². The van der Waals surface area contributed by atoms with E-state index in [0.717, 1.165) is 18.7 Å². The van der Waals surface area contributed by atoms with E-state index < -0.39 is 5.82 Å². The molecule has 0 atom stereocenters. The van der Waals surface area contributed by atoms with Gasteiger partial charge in [-0.25, -0.2) is 9.37 Å². The van der Waals surface area contributed by atoms with Crippen molar-refractivity contribution in [3.8, 4) is 0 Å². The Morgan fingerprint density at radius 2 is 2.05 bits per heavy atom. The minimum absolute atomic E-state index is 0.234. The lowest BCUT2D eigenvalue weighted by atomic mass is 10.2. The lowest BCUT2D eigenvalue weighted by Gasteiger charge is -2.17. The largest absolute Gasteiger partial charge is 0.384 e. The number of halogens is 1. The van der Waals surface area contributed by atoms with E-state index in [2.05, 4.69) is 17.2 Å². The summed E-state index contributed by atoms with van der Waals surface area (Å²) >= 11 is 0. The van der Waals surface area contributed by atoms with Crippen LogP contribution in [0.5, 0.6) is 0 Å². The van der Waals surface area contributed by atoms with E-state index in [0.29, 0.717) is 0 Å². The third-order valence-electron chi connectivity index (χ3n) is 3.08. The van der Waals surface area contributed by atoms with E-state index in [1.807, 2.05) is 0 Å². The van der Waals surface area contributed by atoms with Crippen molar-refractivity contribution >= 4 is 17.3 Å². The van der Waals surface area contributed by atoms with Crippen LogP contribution < -0.4 is 10.2 Å². The van der Waals surface area contributed by atoms with Crippen LogP contribution in [0.1, 0.15) is 23.8 Å². The van der Waals surface area contributed by atoms with Gasteiger partial charge in [0, 0.05) is 13.6 Å². The molecule has 0 bridgehead atoms. The third-order valence-corrected chi connectivity index (χ3v) is 3.08. The van der Waals surface area contributed by atoms with Gasteiger partial charge in [-0.05, 0) is 30.7 Å². The smallest absolute Gasteiger partial charge is 0.276 e. The Kier molecular flexibility index (Phi) is 4.87. The Labute approximate surface area is 123 Å². The van der Waals surface area contributed by atoms with Crippen LogP contribution in [0.15, 0.2) is 42.6 Å². The second kappa shape index (κ2) is 6.83. The van der Waals surface area contributed by atoms with E-state index >= 15 is 0 Å². The number of aromatic nitrogens is 1. The van der Waals surface area contributed by atoms with E-state index in [1.54, 1.807) is 36.5 Å². The van der Waals surface area contributed by atoms with Gasteiger partial charge in [-0.15, -0.1) is 0 Å². The minimum atomic E-state index is -0.436. The maximum atomic E-state index is 13.7. The lowest BCUT2D eigenvalue weighted by Crippen LogP contribution is -2.27. The summed E-state index contributed by atoms with van der Waals surface area (Å²) in [5, 5.41) is 3.18. The van der Waals surface area contributed by atoms with Crippen LogP contribution in [0, 0.1) is 5.82 Å². The van der Waals surface area contributed by atoms with Crippen LogP contribution in [0.2, 0.25) is 0 Å². The second-order valence-electron chi connectivity index (χ2n) is 4.67. The van der Waals surface area contributed by atoms with Gasteiger partial charge in [-0.1, -0.05) is 19.1 Å². The number of carbonyl (C=O) groups excluding carboxylic acids is 1. The van der Waals surface area contributed by atoms with Crippen LogP contribution in [0.3, 0.4) is 0 Å². The monoisotopic (exact) mass is 287 g/mol. The number of benzene rings is 1. The molecule has 0 saturated carbocycles. The molecule has 0 aliphatic heterocycles. The first kappa shape index (κ1) is 15.0. The number of carbonyl (C=O) groups is 1. The fraction of sp³-hybridized carbons (Fsp3) is 0.250. The van der Waals surface area contributed by atoms with Crippen molar-refractivity contribution in [2.24, 2.45) is 0 Å². The highest BCUT2D eigenvalue weighted by molar-refractivity contribution is 6.04. The topological polar surface area (TPSA) is 45.2 Å². The summed E-state index contributed by atoms with van der Waals surface area (Å²) in [7, 11) is 1.53. The van der Waals surface area contributed by atoms with Gasteiger partial charge < -0.3 is 10.2 Å². The summed E-state index contributed by atoms with van der Waals surface area (Å²) < 4.78 is 13.7. The number of nitrogens with zero attached hydrogens (tertiary/aromatic N) is 2. The van der Waals surface area contributed by atoms with Crippen molar-refractivity contribution in [1.29, 1.82) is 0 Å². The molecule has 0 saturated heterocycles. The van der Waals surface area contributed by atoms with Crippen LogP contribution in [-0.4, -0.2) is 24.5 Å². The second-order valence-corrected chi connectivity index (χ2v) is 4.67. The number of anilines is 2. The Balaban J connectivity index is 2.14. The molecule has 0 aliphatic rings. The SMILES string of the molecule is CCCNc1ccc(C(=O)N(C)c2ccccc2F)nc1. The van der Waals surface area contributed by atoms with Gasteiger partial charge >= 0.3 is 0 Å². The fourth-order valence-electron chi connectivity index (χ4n) is 1.90. The molecule has 1 aromatic carbocycles. The number of rotatable bonds is 5. The zero-order chi connectivity index (χ0) is 15.2. The number of hydrogen-bond acceptors (Lipinski definition) is 3. The average molecular weight is 287 g/mol. The van der Waals surface area contributed by atoms with Crippen LogP contribution in [0.4, 0.5) is 15.8 Å². The Bertz CT molecular complexity index is 613. The maximum Gasteiger partial charge on any atom is 0.276 e. The molecule has 110 valence electrons. The molecule has 2 aromatic rings. The van der Waals surface area contributed by atoms with Gasteiger partial charge in [0.05, 0.1) is 17.6 Å². The molecule has 0 spiro atoms. The quantitative estimate of drug-likeness (QED) is 0.917. The Morgan fingerprint density at radius 1 is 1.29 bits per heavy atom. The molecule has 2 rings (SSSR count). The maximum absolute atomic E-state index is 13.7. The summed E-state index contributed by atoms with van der Waals surface area (Å²) in [5.74, 6) is -0.781. The average Bonchev–Trinajstić information content (AvgIpc) is 2.52. The highest BCUT2D eigenvalue weighted by Gasteiger charge is 2.17. The van der Waals surface area contributed by atoms with Crippen LogP contribution in [-0.2, 0) is 0 Å². The van der Waals surface area contributed by atoms with E-state index in [1.165, 1.54) is 18.0 Å². The zero-order valence-corrected chi connectivity index (χ0v) is 12.1. The molecule has 1 aromatic heterocycles. The highest BCUT2D eigenvalue weighted by atomic mass is 19.1. The van der Waals surface area contributed by atoms with Crippen LogP contribution in [0.25, 0.3) is 0 Å². The summed E-state index contributed by atoms with van der Waals surface area (Å²) in [5.41, 5.74) is 1.38. The fourth-order valence-corrected chi connectivity index (χ4v) is 1.90. The van der Waals surface area contributed by atoms with Gasteiger partial charge in [0.1, 0.15) is 11.5 Å². The number of hydrogen-bond donors (Lipinski definition) is 1. The number of nitrogens with one attached hydrogen (secondary N) is 1. The summed E-state index contributed by atoms with van der Waals surface area (Å²) in [6.45, 7) is 2.92. The first-order valence-corrected chi connectivity index (χ1v) is 6.86. The first-order chi connectivity index (χ1) is 10.1. The predicted octanol–water partition coefficient (Wildman–Crippen LogP) is 3.32. The molecule has 1 N–H and O–H groups in total. The molecule has 0 aliphatic carbocycles. The van der Waals surface area contributed by atoms with Crippen molar-refractivity contribution < 1.29 is 9.18 Å². The Morgan fingerprint density at radius 3 is 2.67 bits per heavy atom. The first-order valence-electron chi connectivity index (χ1n) is 6.86. The van der Waals surface area contributed by atoms with E-state index in [-0.39, 0.29) is 17.3 Å². The highest BCUT2D eigenvalue weighted by Crippen LogP contribution is 2.19. The standard InChI is InChI=1S/C16H18FN3O/c1-3-10-18-12-8-9-14(19-11-12)16(21)20(2)15-7-5-4-6-13(15)17/h4-9,11,18H,3,10H2,1-2H3. The van der Waals surface area contributed by atoms with Gasteiger partial charge in [0.2, 0.25) is 0 Å². The summed E-state index contributed by atoms with van der Waals surface area (Å²) in [6.07, 6.45) is 2.62. The summed E-state index contributed by atoms with van der Waals surface area (Å²) in [6, 6.07) is 9.59. The van der Waals surface area contributed by atoms with Crippen molar-refractivity contribution in [1.82, 2.24) is 4.98 Å². The number of para-hydroxylation sites is 1. The van der Waals surface area contributed by atoms with E-state index in [4.69, 9.17) is 0 Å². The van der Waals surface area contributed by atoms with Crippen LogP contribution >= 0.6 is 0 Å². The van der Waals surface area contributed by atoms with Crippen molar-refractivity contribution in [3.63, 3.8) is 0 Å². The molecule has 4 nitrogen and oxygen atoms in total. The number of amides is 1. The minimum Gasteiger partial charge on any atom is -0.384 e. The molecule has 5 heteroatoms. The van der Waals surface area contributed by atoms with E-state index in [9.17, 15) is 9.18 Å². The molecule has 1 amide bonds.